The first kappa shape index (κ1) is 10.8. The second kappa shape index (κ2) is 4.89. The molecule has 2 aromatic rings. The summed E-state index contributed by atoms with van der Waals surface area (Å²) in [4.78, 5) is 12.7. The van der Waals surface area contributed by atoms with E-state index in [1.807, 2.05) is 19.4 Å². The Hall–Kier alpha value is -1.69. The zero-order chi connectivity index (χ0) is 11.4. The first-order valence-corrected chi connectivity index (χ1v) is 5.80. The van der Waals surface area contributed by atoms with Crippen LogP contribution in [-0.4, -0.2) is 22.0 Å². The molecular formula is C10H13N5S. The van der Waals surface area contributed by atoms with Gasteiger partial charge in [0.15, 0.2) is 0 Å². The van der Waals surface area contributed by atoms with Crippen molar-refractivity contribution in [2.75, 3.05) is 17.7 Å². The fourth-order valence-electron chi connectivity index (χ4n) is 1.24. The van der Waals surface area contributed by atoms with Crippen LogP contribution < -0.4 is 10.6 Å². The molecule has 0 aliphatic rings. The summed E-state index contributed by atoms with van der Waals surface area (Å²) < 4.78 is 0. The van der Waals surface area contributed by atoms with Crippen molar-refractivity contribution in [2.24, 2.45) is 0 Å². The summed E-state index contributed by atoms with van der Waals surface area (Å²) >= 11 is 1.65. The minimum absolute atomic E-state index is 0.673. The van der Waals surface area contributed by atoms with Crippen molar-refractivity contribution in [2.45, 2.75) is 13.5 Å². The van der Waals surface area contributed by atoms with E-state index in [0.29, 0.717) is 6.54 Å². The summed E-state index contributed by atoms with van der Waals surface area (Å²) in [6.45, 7) is 2.67. The Morgan fingerprint density at radius 1 is 1.25 bits per heavy atom. The average molecular weight is 235 g/mol. The van der Waals surface area contributed by atoms with Crippen LogP contribution in [0.2, 0.25) is 0 Å². The van der Waals surface area contributed by atoms with Crippen LogP contribution in [0.15, 0.2) is 17.8 Å². The summed E-state index contributed by atoms with van der Waals surface area (Å²) in [6, 6.07) is 0. The van der Waals surface area contributed by atoms with Gasteiger partial charge in [0.05, 0.1) is 29.6 Å². The molecule has 0 atom stereocenters. The van der Waals surface area contributed by atoms with Crippen molar-refractivity contribution in [3.05, 3.63) is 28.5 Å². The Morgan fingerprint density at radius 3 is 2.75 bits per heavy atom. The van der Waals surface area contributed by atoms with Crippen molar-refractivity contribution in [1.82, 2.24) is 15.0 Å². The van der Waals surface area contributed by atoms with E-state index in [0.717, 1.165) is 22.3 Å². The molecule has 0 saturated heterocycles. The van der Waals surface area contributed by atoms with E-state index in [2.05, 4.69) is 25.6 Å². The summed E-state index contributed by atoms with van der Waals surface area (Å²) in [7, 11) is 1.82. The number of nitrogens with zero attached hydrogens (tertiary/aromatic N) is 3. The summed E-state index contributed by atoms with van der Waals surface area (Å²) in [5.41, 5.74) is 1.03. The van der Waals surface area contributed by atoms with Gasteiger partial charge in [-0.25, -0.2) is 9.97 Å². The van der Waals surface area contributed by atoms with Crippen LogP contribution in [0.25, 0.3) is 0 Å². The summed E-state index contributed by atoms with van der Waals surface area (Å²) in [5, 5.41) is 9.24. The highest BCUT2D eigenvalue weighted by Crippen LogP contribution is 2.11. The largest absolute Gasteiger partial charge is 0.372 e. The van der Waals surface area contributed by atoms with Gasteiger partial charge in [0.1, 0.15) is 11.6 Å². The highest BCUT2D eigenvalue weighted by Gasteiger charge is 2.00. The number of nitrogens with one attached hydrogen (secondary N) is 2. The Bertz CT molecular complexity index is 468. The SMILES string of the molecule is CNc1cncc(NCc2csc(C)n2)n1. The average Bonchev–Trinajstić information content (AvgIpc) is 2.73. The number of hydrogen-bond acceptors (Lipinski definition) is 6. The third-order valence-electron chi connectivity index (χ3n) is 2.01. The van der Waals surface area contributed by atoms with E-state index < -0.39 is 0 Å². The third kappa shape index (κ3) is 2.66. The molecule has 16 heavy (non-hydrogen) atoms. The molecule has 84 valence electrons. The van der Waals surface area contributed by atoms with Gasteiger partial charge in [-0.05, 0) is 6.92 Å². The molecule has 0 spiro atoms. The predicted octanol–water partition coefficient (Wildman–Crippen LogP) is 1.90. The van der Waals surface area contributed by atoms with Gasteiger partial charge < -0.3 is 10.6 Å². The number of thiazole rings is 1. The molecule has 2 heterocycles. The molecule has 0 bridgehead atoms. The standard InChI is InChI=1S/C10H13N5S/c1-7-14-8(6-16-7)3-13-10-5-12-4-9(11-2)15-10/h4-6H,3H2,1-2H3,(H2,11,13,15). The van der Waals surface area contributed by atoms with Crippen LogP contribution in [0.3, 0.4) is 0 Å². The van der Waals surface area contributed by atoms with Crippen LogP contribution in [0.4, 0.5) is 11.6 Å². The third-order valence-corrected chi connectivity index (χ3v) is 2.83. The van der Waals surface area contributed by atoms with Gasteiger partial charge in [-0.3, -0.25) is 4.98 Å². The topological polar surface area (TPSA) is 62.7 Å². The molecule has 0 fully saturated rings. The van der Waals surface area contributed by atoms with Crippen molar-refractivity contribution < 1.29 is 0 Å². The first-order chi connectivity index (χ1) is 7.78. The van der Waals surface area contributed by atoms with Gasteiger partial charge in [-0.15, -0.1) is 11.3 Å². The van der Waals surface area contributed by atoms with Crippen molar-refractivity contribution in [3.8, 4) is 0 Å². The maximum Gasteiger partial charge on any atom is 0.147 e. The van der Waals surface area contributed by atoms with Crippen molar-refractivity contribution in [3.63, 3.8) is 0 Å². The summed E-state index contributed by atoms with van der Waals surface area (Å²) in [5.74, 6) is 1.50. The minimum atomic E-state index is 0.673. The molecular weight excluding hydrogens is 222 g/mol. The van der Waals surface area contributed by atoms with E-state index in [4.69, 9.17) is 0 Å². The lowest BCUT2D eigenvalue weighted by Crippen LogP contribution is -2.03. The number of aromatic nitrogens is 3. The fourth-order valence-corrected chi connectivity index (χ4v) is 1.85. The maximum atomic E-state index is 4.36. The van der Waals surface area contributed by atoms with E-state index >= 15 is 0 Å². The molecule has 0 saturated carbocycles. The van der Waals surface area contributed by atoms with Crippen LogP contribution in [-0.2, 0) is 6.54 Å². The molecule has 6 heteroatoms. The fraction of sp³-hybridized carbons (Fsp3) is 0.300. The van der Waals surface area contributed by atoms with Gasteiger partial charge in [0.2, 0.25) is 0 Å². The number of rotatable bonds is 4. The monoisotopic (exact) mass is 235 g/mol. The molecule has 0 aliphatic heterocycles. The van der Waals surface area contributed by atoms with Gasteiger partial charge >= 0.3 is 0 Å². The first-order valence-electron chi connectivity index (χ1n) is 4.92. The van der Waals surface area contributed by atoms with Crippen LogP contribution in [0, 0.1) is 6.92 Å². The number of anilines is 2. The van der Waals surface area contributed by atoms with Gasteiger partial charge in [-0.2, -0.15) is 0 Å². The Morgan fingerprint density at radius 2 is 2.06 bits per heavy atom. The van der Waals surface area contributed by atoms with E-state index in [1.165, 1.54) is 0 Å². The number of hydrogen-bond donors (Lipinski definition) is 2. The smallest absolute Gasteiger partial charge is 0.147 e. The van der Waals surface area contributed by atoms with Gasteiger partial charge in [-0.1, -0.05) is 0 Å². The van der Waals surface area contributed by atoms with Crippen LogP contribution in [0.1, 0.15) is 10.7 Å². The lowest BCUT2D eigenvalue weighted by Gasteiger charge is -2.04. The lowest BCUT2D eigenvalue weighted by atomic mass is 10.5. The summed E-state index contributed by atoms with van der Waals surface area (Å²) in [6.07, 6.45) is 3.37. The normalized spacial score (nSPS) is 10.1. The molecule has 0 aliphatic carbocycles. The molecule has 2 N–H and O–H groups in total. The van der Waals surface area contributed by atoms with E-state index in [-0.39, 0.29) is 0 Å². The molecule has 2 rings (SSSR count). The van der Waals surface area contributed by atoms with Gasteiger partial charge in [0.25, 0.3) is 0 Å². The zero-order valence-corrected chi connectivity index (χ0v) is 10.0. The lowest BCUT2D eigenvalue weighted by molar-refractivity contribution is 1.03. The maximum absolute atomic E-state index is 4.36. The Kier molecular flexibility index (Phi) is 3.31. The van der Waals surface area contributed by atoms with E-state index in [1.54, 1.807) is 23.7 Å². The van der Waals surface area contributed by atoms with Crippen molar-refractivity contribution in [1.29, 1.82) is 0 Å². The minimum Gasteiger partial charge on any atom is -0.372 e. The molecule has 0 unspecified atom stereocenters. The predicted molar refractivity (Wildman–Crippen MR) is 65.8 cm³/mol. The second-order valence-electron chi connectivity index (χ2n) is 3.25. The number of aryl methyl sites for hydroxylation is 1. The second-order valence-corrected chi connectivity index (χ2v) is 4.31. The van der Waals surface area contributed by atoms with Crippen molar-refractivity contribution >= 4 is 23.0 Å². The highest BCUT2D eigenvalue weighted by molar-refractivity contribution is 7.09. The quantitative estimate of drug-likeness (QED) is 0.847. The molecule has 2 aromatic heterocycles. The Balaban J connectivity index is 1.99. The Labute approximate surface area is 98.0 Å². The zero-order valence-electron chi connectivity index (χ0n) is 9.19. The molecule has 0 amide bonds. The van der Waals surface area contributed by atoms with E-state index in [9.17, 15) is 0 Å². The molecule has 0 aromatic carbocycles. The van der Waals surface area contributed by atoms with Gasteiger partial charge in [0, 0.05) is 12.4 Å². The van der Waals surface area contributed by atoms with Crippen LogP contribution in [0.5, 0.6) is 0 Å². The molecule has 5 nitrogen and oxygen atoms in total. The van der Waals surface area contributed by atoms with Crippen LogP contribution >= 0.6 is 11.3 Å². The molecule has 0 radical (unpaired) electrons. The highest BCUT2D eigenvalue weighted by atomic mass is 32.1.